The van der Waals surface area contributed by atoms with Crippen molar-refractivity contribution in [2.45, 2.75) is 13.5 Å². The molecule has 0 radical (unpaired) electrons. The molecule has 0 saturated heterocycles. The van der Waals surface area contributed by atoms with Crippen molar-refractivity contribution < 1.29 is 17.9 Å². The minimum absolute atomic E-state index is 0.0867. The fourth-order valence-electron chi connectivity index (χ4n) is 3.22. The highest BCUT2D eigenvalue weighted by Crippen LogP contribution is 2.39. The molecule has 9 heteroatoms. The summed E-state index contributed by atoms with van der Waals surface area (Å²) in [6, 6.07) is 15.7. The van der Waals surface area contributed by atoms with Gasteiger partial charge in [0.25, 0.3) is 10.0 Å². The normalized spacial score (nSPS) is 16.3. The van der Waals surface area contributed by atoms with Gasteiger partial charge < -0.3 is 10.1 Å². The number of carbonyl (C=O) groups excluding carboxylic acids is 1. The molecule has 0 saturated carbocycles. The number of carbonyl (C=O) groups is 1. The van der Waals surface area contributed by atoms with E-state index in [2.05, 4.69) is 5.32 Å². The van der Waals surface area contributed by atoms with Gasteiger partial charge in [-0.2, -0.15) is 0 Å². The van der Waals surface area contributed by atoms with E-state index in [1.165, 1.54) is 21.8 Å². The highest BCUT2D eigenvalue weighted by molar-refractivity contribution is 7.97. The van der Waals surface area contributed by atoms with Gasteiger partial charge in [0, 0.05) is 11.2 Å². The summed E-state index contributed by atoms with van der Waals surface area (Å²) in [5, 5.41) is 5.22. The number of benzene rings is 2. The van der Waals surface area contributed by atoms with Crippen molar-refractivity contribution in [1.29, 1.82) is 0 Å². The summed E-state index contributed by atoms with van der Waals surface area (Å²) in [5.74, 6) is 0.0380. The number of rotatable bonds is 6. The molecule has 2 aromatic carbocycles. The Morgan fingerprint density at radius 3 is 2.61 bits per heavy atom. The average Bonchev–Trinajstić information content (AvgIpc) is 3.23. The van der Waals surface area contributed by atoms with Crippen LogP contribution in [0.5, 0.6) is 5.75 Å². The van der Waals surface area contributed by atoms with Gasteiger partial charge >= 0.3 is 0 Å². The van der Waals surface area contributed by atoms with Crippen LogP contribution < -0.4 is 14.4 Å². The molecular weight excluding hydrogens is 456 g/mol. The number of Topliss-reactive ketones (excluding diaryl/α,β-unsaturated/α-hetero) is 1. The molecular formula is C22H19ClN2O4S2. The van der Waals surface area contributed by atoms with Crippen LogP contribution in [-0.2, 0) is 16.6 Å². The monoisotopic (exact) mass is 474 g/mol. The molecule has 1 N–H and O–H groups in total. The second kappa shape index (κ2) is 8.74. The predicted molar refractivity (Wildman–Crippen MR) is 125 cm³/mol. The lowest BCUT2D eigenvalue weighted by molar-refractivity contribution is 0.104. The van der Waals surface area contributed by atoms with E-state index < -0.39 is 15.8 Å². The van der Waals surface area contributed by atoms with Crippen molar-refractivity contribution >= 4 is 50.1 Å². The third-order valence-corrected chi connectivity index (χ3v) is 7.62. The maximum absolute atomic E-state index is 13.4. The van der Waals surface area contributed by atoms with Gasteiger partial charge in [0.05, 0.1) is 24.5 Å². The van der Waals surface area contributed by atoms with Crippen molar-refractivity contribution in [1.82, 2.24) is 0 Å². The number of ether oxygens (including phenoxy) is 1. The van der Waals surface area contributed by atoms with Crippen LogP contribution in [0.25, 0.3) is 0 Å². The number of thiophene rings is 1. The number of sulfonamides is 1. The van der Waals surface area contributed by atoms with Gasteiger partial charge in [-0.1, -0.05) is 35.9 Å². The van der Waals surface area contributed by atoms with Crippen LogP contribution in [0.2, 0.25) is 5.02 Å². The van der Waals surface area contributed by atoms with E-state index in [0.29, 0.717) is 33.6 Å². The molecule has 0 fully saturated rings. The van der Waals surface area contributed by atoms with E-state index in [0.717, 1.165) is 5.56 Å². The third kappa shape index (κ3) is 4.19. The lowest BCUT2D eigenvalue weighted by Gasteiger charge is -2.29. The van der Waals surface area contributed by atoms with Crippen molar-refractivity contribution in [2.75, 3.05) is 16.2 Å². The molecule has 3 aromatic rings. The fraction of sp³-hybridized carbons (Fsp3) is 0.136. The summed E-state index contributed by atoms with van der Waals surface area (Å²) in [6.07, 6.45) is 1.24. The van der Waals surface area contributed by atoms with Crippen LogP contribution >= 0.6 is 22.9 Å². The molecule has 6 nitrogen and oxygen atoms in total. The average molecular weight is 475 g/mol. The van der Waals surface area contributed by atoms with Crippen LogP contribution in [0.15, 0.2) is 71.1 Å². The Morgan fingerprint density at radius 2 is 1.87 bits per heavy atom. The van der Waals surface area contributed by atoms with Crippen molar-refractivity contribution in [2.24, 2.45) is 0 Å². The zero-order valence-corrected chi connectivity index (χ0v) is 18.9. The first-order valence-corrected chi connectivity index (χ1v) is 12.2. The third-order valence-electron chi connectivity index (χ3n) is 4.70. The Hall–Kier alpha value is -2.81. The van der Waals surface area contributed by atoms with E-state index in [1.54, 1.807) is 53.9 Å². The summed E-state index contributed by atoms with van der Waals surface area (Å²) in [7, 11) is -4.09. The van der Waals surface area contributed by atoms with Gasteiger partial charge in [-0.05, 0) is 48.2 Å². The Bertz CT molecular complexity index is 1250. The van der Waals surface area contributed by atoms with E-state index in [-0.39, 0.29) is 11.4 Å². The number of nitrogens with one attached hydrogen (secondary N) is 1. The van der Waals surface area contributed by atoms with Crippen LogP contribution in [0.1, 0.15) is 22.2 Å². The van der Waals surface area contributed by atoms with Crippen LogP contribution in [0, 0.1) is 0 Å². The second-order valence-corrected chi connectivity index (χ2v) is 9.87. The molecule has 2 heterocycles. The van der Waals surface area contributed by atoms with Gasteiger partial charge in [0.2, 0.25) is 5.78 Å². The number of fused-ring (bicyclic) bond motifs is 1. The first-order chi connectivity index (χ1) is 14.9. The SMILES string of the molecule is CCOc1ccccc1NC=C1C(=O)c2sccc2N(Cc2ccc(Cl)cc2)S1(=O)=O. The van der Waals surface area contributed by atoms with Crippen LogP contribution in [-0.4, -0.2) is 20.8 Å². The molecule has 1 aliphatic rings. The Labute approximate surface area is 189 Å². The van der Waals surface area contributed by atoms with Crippen molar-refractivity contribution in [3.8, 4) is 5.75 Å². The molecule has 0 spiro atoms. The molecule has 0 amide bonds. The number of hydrogen-bond acceptors (Lipinski definition) is 6. The zero-order valence-electron chi connectivity index (χ0n) is 16.5. The number of para-hydroxylation sites is 2. The van der Waals surface area contributed by atoms with Gasteiger partial charge in [-0.15, -0.1) is 11.3 Å². The fourth-order valence-corrected chi connectivity index (χ4v) is 5.83. The Kier molecular flexibility index (Phi) is 6.04. The van der Waals surface area contributed by atoms with E-state index in [4.69, 9.17) is 16.3 Å². The number of nitrogens with zero attached hydrogens (tertiary/aromatic N) is 1. The number of ketones is 1. The molecule has 160 valence electrons. The molecule has 0 unspecified atom stereocenters. The largest absolute Gasteiger partial charge is 0.492 e. The first-order valence-electron chi connectivity index (χ1n) is 9.49. The summed E-state index contributed by atoms with van der Waals surface area (Å²) in [4.78, 5) is 13.1. The van der Waals surface area contributed by atoms with Crippen molar-refractivity contribution in [3.63, 3.8) is 0 Å². The zero-order chi connectivity index (χ0) is 22.0. The summed E-state index contributed by atoms with van der Waals surface area (Å²) < 4.78 is 33.7. The maximum atomic E-state index is 13.4. The molecule has 31 heavy (non-hydrogen) atoms. The molecule has 0 aliphatic carbocycles. The quantitative estimate of drug-likeness (QED) is 0.491. The van der Waals surface area contributed by atoms with Crippen molar-refractivity contribution in [3.05, 3.63) is 86.5 Å². The first kappa shape index (κ1) is 21.4. The minimum atomic E-state index is -4.09. The molecule has 1 aromatic heterocycles. The standard InChI is InChI=1S/C22H19ClN2O4S2/c1-2-29-19-6-4-3-5-17(19)24-13-20-21(26)22-18(11-12-30-22)25(31(20,27)28)14-15-7-9-16(23)10-8-15/h3-13,24H,2,14H2,1H3. The molecule has 1 aliphatic heterocycles. The number of hydrogen-bond donors (Lipinski definition) is 1. The lowest BCUT2D eigenvalue weighted by Crippen LogP contribution is -2.38. The minimum Gasteiger partial charge on any atom is -0.492 e. The summed E-state index contributed by atoms with van der Waals surface area (Å²) in [6.45, 7) is 2.40. The highest BCUT2D eigenvalue weighted by atomic mass is 35.5. The van der Waals surface area contributed by atoms with Gasteiger partial charge in [-0.25, -0.2) is 8.42 Å². The molecule has 4 rings (SSSR count). The number of halogens is 1. The second-order valence-electron chi connectivity index (χ2n) is 6.68. The Balaban J connectivity index is 1.73. The number of anilines is 2. The summed E-state index contributed by atoms with van der Waals surface area (Å²) in [5.41, 5.74) is 1.71. The van der Waals surface area contributed by atoms with Crippen LogP contribution in [0.3, 0.4) is 0 Å². The van der Waals surface area contributed by atoms with E-state index in [9.17, 15) is 13.2 Å². The van der Waals surface area contributed by atoms with E-state index >= 15 is 0 Å². The van der Waals surface area contributed by atoms with Gasteiger partial charge in [0.15, 0.2) is 4.91 Å². The molecule has 0 bridgehead atoms. The van der Waals surface area contributed by atoms with Gasteiger partial charge in [-0.3, -0.25) is 9.10 Å². The lowest BCUT2D eigenvalue weighted by atomic mass is 10.2. The number of allylic oxidation sites excluding steroid dienone is 1. The predicted octanol–water partition coefficient (Wildman–Crippen LogP) is 5.29. The molecule has 0 atom stereocenters. The smallest absolute Gasteiger partial charge is 0.270 e. The van der Waals surface area contributed by atoms with Gasteiger partial charge in [0.1, 0.15) is 10.6 Å². The van der Waals surface area contributed by atoms with Crippen LogP contribution in [0.4, 0.5) is 11.4 Å². The summed E-state index contributed by atoms with van der Waals surface area (Å²) >= 11 is 7.17. The Morgan fingerprint density at radius 1 is 1.13 bits per heavy atom. The maximum Gasteiger partial charge on any atom is 0.270 e. The topological polar surface area (TPSA) is 75.7 Å². The van der Waals surface area contributed by atoms with E-state index in [1.807, 2.05) is 13.0 Å². The highest BCUT2D eigenvalue weighted by Gasteiger charge is 2.41.